The molecule has 4 nitrogen and oxygen atoms in total. The van der Waals surface area contributed by atoms with Crippen molar-refractivity contribution in [2.24, 2.45) is 11.3 Å². The molecule has 5 heteroatoms. The van der Waals surface area contributed by atoms with Crippen LogP contribution in [-0.4, -0.2) is 18.5 Å². The van der Waals surface area contributed by atoms with E-state index < -0.39 is 0 Å². The van der Waals surface area contributed by atoms with E-state index in [2.05, 4.69) is 26.1 Å². The first-order valence-electron chi connectivity index (χ1n) is 8.39. The molecule has 0 unspecified atom stereocenters. The SMILES string of the molecule is CCOC(=O)c1c(NC(C)=O)sc2c1CC[C@@H](C(C)(C)CC)C2. The first-order chi connectivity index (χ1) is 10.8. The molecular formula is C18H27NO3S. The Kier molecular flexibility index (Phi) is 5.50. The number of nitrogens with one attached hydrogen (secondary N) is 1. The molecule has 1 aliphatic rings. The normalized spacial score (nSPS) is 17.5. The number of carbonyl (C=O) groups excluding carboxylic acids is 2. The summed E-state index contributed by atoms with van der Waals surface area (Å²) in [5.74, 6) is 0.139. The molecule has 1 amide bonds. The molecular weight excluding hydrogens is 310 g/mol. The minimum absolute atomic E-state index is 0.153. The average Bonchev–Trinajstić information content (AvgIpc) is 2.83. The van der Waals surface area contributed by atoms with Crippen molar-refractivity contribution in [2.45, 2.75) is 60.3 Å². The third-order valence-corrected chi connectivity index (χ3v) is 6.22. The van der Waals surface area contributed by atoms with Gasteiger partial charge in [0.25, 0.3) is 0 Å². The second-order valence-corrected chi connectivity index (χ2v) is 8.00. The van der Waals surface area contributed by atoms with E-state index in [1.807, 2.05) is 0 Å². The molecule has 1 aromatic rings. The molecule has 0 bridgehead atoms. The lowest BCUT2D eigenvalue weighted by Crippen LogP contribution is -2.28. The van der Waals surface area contributed by atoms with Crippen LogP contribution in [0, 0.1) is 11.3 Å². The van der Waals surface area contributed by atoms with E-state index in [0.29, 0.717) is 28.5 Å². The first kappa shape index (κ1) is 18.0. The van der Waals surface area contributed by atoms with E-state index >= 15 is 0 Å². The van der Waals surface area contributed by atoms with Crippen LogP contribution in [0.3, 0.4) is 0 Å². The first-order valence-corrected chi connectivity index (χ1v) is 9.21. The highest BCUT2D eigenvalue weighted by molar-refractivity contribution is 7.17. The monoisotopic (exact) mass is 337 g/mol. The zero-order valence-corrected chi connectivity index (χ0v) is 15.6. The number of esters is 1. The fourth-order valence-electron chi connectivity index (χ4n) is 3.21. The Balaban J connectivity index is 2.38. The van der Waals surface area contributed by atoms with Gasteiger partial charge in [-0.05, 0) is 43.1 Å². The zero-order chi connectivity index (χ0) is 17.2. The number of hydrogen-bond donors (Lipinski definition) is 1. The Morgan fingerprint density at radius 1 is 1.35 bits per heavy atom. The van der Waals surface area contributed by atoms with E-state index in [9.17, 15) is 9.59 Å². The summed E-state index contributed by atoms with van der Waals surface area (Å²) < 4.78 is 5.21. The molecule has 1 N–H and O–H groups in total. The summed E-state index contributed by atoms with van der Waals surface area (Å²) in [5.41, 5.74) is 1.95. The van der Waals surface area contributed by atoms with Gasteiger partial charge in [0.1, 0.15) is 5.00 Å². The Labute approximate surface area is 142 Å². The van der Waals surface area contributed by atoms with Gasteiger partial charge >= 0.3 is 5.97 Å². The van der Waals surface area contributed by atoms with E-state index in [0.717, 1.165) is 31.2 Å². The van der Waals surface area contributed by atoms with Gasteiger partial charge in [0.2, 0.25) is 5.91 Å². The largest absolute Gasteiger partial charge is 0.462 e. The Bertz CT molecular complexity index is 604. The fourth-order valence-corrected chi connectivity index (χ4v) is 4.57. The van der Waals surface area contributed by atoms with Crippen molar-refractivity contribution in [1.82, 2.24) is 0 Å². The number of rotatable bonds is 5. The number of hydrogen-bond acceptors (Lipinski definition) is 4. The number of carbonyl (C=O) groups is 2. The van der Waals surface area contributed by atoms with E-state index in [-0.39, 0.29) is 11.9 Å². The van der Waals surface area contributed by atoms with Gasteiger partial charge in [-0.3, -0.25) is 4.79 Å². The maximum atomic E-state index is 12.3. The summed E-state index contributed by atoms with van der Waals surface area (Å²) in [4.78, 5) is 25.1. The standard InChI is InChI=1S/C18H27NO3S/c1-6-18(4,5)12-8-9-13-14(10-12)23-16(19-11(3)20)15(13)17(21)22-7-2/h12H,6-10H2,1-5H3,(H,19,20)/t12-/m1/s1. The van der Waals surface area contributed by atoms with E-state index in [1.165, 1.54) is 11.8 Å². The highest BCUT2D eigenvalue weighted by atomic mass is 32.1. The zero-order valence-electron chi connectivity index (χ0n) is 14.7. The number of thiophene rings is 1. The molecule has 0 fully saturated rings. The van der Waals surface area contributed by atoms with Crippen molar-refractivity contribution in [3.8, 4) is 0 Å². The molecule has 1 aromatic heterocycles. The van der Waals surface area contributed by atoms with Crippen molar-refractivity contribution < 1.29 is 14.3 Å². The molecule has 128 valence electrons. The molecule has 2 rings (SSSR count). The van der Waals surface area contributed by atoms with Crippen LogP contribution >= 0.6 is 11.3 Å². The van der Waals surface area contributed by atoms with Crippen LogP contribution in [0.5, 0.6) is 0 Å². The molecule has 1 heterocycles. The third-order valence-electron chi connectivity index (χ3n) is 5.05. The third kappa shape index (κ3) is 3.77. The second-order valence-electron chi connectivity index (χ2n) is 6.89. The quantitative estimate of drug-likeness (QED) is 0.809. The topological polar surface area (TPSA) is 55.4 Å². The van der Waals surface area contributed by atoms with Crippen molar-refractivity contribution in [3.05, 3.63) is 16.0 Å². The highest BCUT2D eigenvalue weighted by Crippen LogP contribution is 2.45. The molecule has 1 aliphatic carbocycles. The van der Waals surface area contributed by atoms with Crippen LogP contribution in [0.15, 0.2) is 0 Å². The van der Waals surface area contributed by atoms with Crippen LogP contribution in [0.1, 0.15) is 68.3 Å². The number of fused-ring (bicyclic) bond motifs is 1. The molecule has 23 heavy (non-hydrogen) atoms. The van der Waals surface area contributed by atoms with Gasteiger partial charge in [-0.15, -0.1) is 11.3 Å². The predicted octanol–water partition coefficient (Wildman–Crippen LogP) is 4.42. The molecule has 0 aliphatic heterocycles. The predicted molar refractivity (Wildman–Crippen MR) is 94.2 cm³/mol. The minimum Gasteiger partial charge on any atom is -0.462 e. The Morgan fingerprint density at radius 2 is 2.04 bits per heavy atom. The fraction of sp³-hybridized carbons (Fsp3) is 0.667. The molecule has 0 radical (unpaired) electrons. The smallest absolute Gasteiger partial charge is 0.341 e. The maximum Gasteiger partial charge on any atom is 0.341 e. The van der Waals surface area contributed by atoms with Crippen molar-refractivity contribution in [2.75, 3.05) is 11.9 Å². The van der Waals surface area contributed by atoms with Crippen LogP contribution in [0.2, 0.25) is 0 Å². The summed E-state index contributed by atoms with van der Waals surface area (Å²) in [6, 6.07) is 0. The Hall–Kier alpha value is -1.36. The van der Waals surface area contributed by atoms with Crippen molar-refractivity contribution >= 4 is 28.2 Å². The van der Waals surface area contributed by atoms with Gasteiger partial charge in [-0.25, -0.2) is 4.79 Å². The molecule has 0 saturated carbocycles. The van der Waals surface area contributed by atoms with Crippen molar-refractivity contribution in [1.29, 1.82) is 0 Å². The van der Waals surface area contributed by atoms with Gasteiger partial charge in [-0.1, -0.05) is 27.2 Å². The summed E-state index contributed by atoms with van der Waals surface area (Å²) in [5, 5.41) is 3.47. The van der Waals surface area contributed by atoms with Crippen LogP contribution in [0.4, 0.5) is 5.00 Å². The minimum atomic E-state index is -0.318. The maximum absolute atomic E-state index is 12.3. The van der Waals surface area contributed by atoms with Crippen LogP contribution in [0.25, 0.3) is 0 Å². The van der Waals surface area contributed by atoms with Crippen LogP contribution < -0.4 is 5.32 Å². The lowest BCUT2D eigenvalue weighted by atomic mass is 9.69. The van der Waals surface area contributed by atoms with E-state index in [1.54, 1.807) is 18.3 Å². The number of amides is 1. The van der Waals surface area contributed by atoms with Gasteiger partial charge in [0.05, 0.1) is 12.2 Å². The molecule has 0 saturated heterocycles. The molecule has 0 spiro atoms. The molecule has 1 atom stereocenters. The van der Waals surface area contributed by atoms with Gasteiger partial charge in [0.15, 0.2) is 0 Å². The number of anilines is 1. The van der Waals surface area contributed by atoms with Crippen LogP contribution in [-0.2, 0) is 22.4 Å². The lowest BCUT2D eigenvalue weighted by molar-refractivity contribution is -0.114. The summed E-state index contributed by atoms with van der Waals surface area (Å²) in [6.07, 6.45) is 4.08. The molecule has 0 aromatic carbocycles. The van der Waals surface area contributed by atoms with Gasteiger partial charge in [-0.2, -0.15) is 0 Å². The number of ether oxygens (including phenoxy) is 1. The highest BCUT2D eigenvalue weighted by Gasteiger charge is 2.35. The summed E-state index contributed by atoms with van der Waals surface area (Å²) in [6.45, 7) is 10.5. The van der Waals surface area contributed by atoms with Crippen molar-refractivity contribution in [3.63, 3.8) is 0 Å². The Morgan fingerprint density at radius 3 is 2.61 bits per heavy atom. The average molecular weight is 337 g/mol. The second kappa shape index (κ2) is 7.04. The van der Waals surface area contributed by atoms with Gasteiger partial charge in [0, 0.05) is 11.8 Å². The summed E-state index contributed by atoms with van der Waals surface area (Å²) >= 11 is 1.54. The van der Waals surface area contributed by atoms with E-state index in [4.69, 9.17) is 4.74 Å². The summed E-state index contributed by atoms with van der Waals surface area (Å²) in [7, 11) is 0. The van der Waals surface area contributed by atoms with Gasteiger partial charge < -0.3 is 10.1 Å². The lowest BCUT2D eigenvalue weighted by Gasteiger charge is -2.36.